The number of ether oxygens (including phenoxy) is 1. The van der Waals surface area contributed by atoms with Crippen LogP contribution in [0.4, 0.5) is 0 Å². The van der Waals surface area contributed by atoms with Gasteiger partial charge in [-0.2, -0.15) is 0 Å². The highest BCUT2D eigenvalue weighted by molar-refractivity contribution is 6.10. The predicted octanol–water partition coefficient (Wildman–Crippen LogP) is 5.42. The number of nitrogens with one attached hydrogen (secondary N) is 1. The summed E-state index contributed by atoms with van der Waals surface area (Å²) in [6.45, 7) is 1.64. The van der Waals surface area contributed by atoms with Crippen LogP contribution >= 0.6 is 0 Å². The average molecular weight is 469 g/mol. The van der Waals surface area contributed by atoms with E-state index in [1.54, 1.807) is 13.3 Å². The van der Waals surface area contributed by atoms with E-state index < -0.39 is 12.1 Å². The Morgan fingerprint density at radius 2 is 1.69 bits per heavy atom. The maximum Gasteiger partial charge on any atom is 0.195 e. The van der Waals surface area contributed by atoms with E-state index in [4.69, 9.17) is 4.74 Å². The minimum atomic E-state index is -1.21. The molecule has 0 radical (unpaired) electrons. The number of rotatable bonds is 8. The number of hydrogen-bond donors (Lipinski definition) is 2. The van der Waals surface area contributed by atoms with Gasteiger partial charge in [0, 0.05) is 28.2 Å². The number of nitrogens with zero attached hydrogens (tertiary/aromatic N) is 1. The normalized spacial score (nSPS) is 16.7. The monoisotopic (exact) mass is 468 g/mol. The highest BCUT2D eigenvalue weighted by Crippen LogP contribution is 2.36. The summed E-state index contributed by atoms with van der Waals surface area (Å²) >= 11 is 0. The van der Waals surface area contributed by atoms with Gasteiger partial charge in [0.05, 0.1) is 13.2 Å². The Kier molecular flexibility index (Phi) is 6.98. The van der Waals surface area contributed by atoms with Crippen LogP contribution in [0.5, 0.6) is 5.75 Å². The number of aromatic nitrogens is 1. The summed E-state index contributed by atoms with van der Waals surface area (Å²) in [5.41, 5.74) is 3.62. The van der Waals surface area contributed by atoms with Crippen LogP contribution in [-0.2, 0) is 6.42 Å². The van der Waals surface area contributed by atoms with Crippen LogP contribution in [0.15, 0.2) is 85.1 Å². The molecule has 5 nitrogen and oxygen atoms in total. The Bertz CT molecular complexity index is 1280. The fraction of sp³-hybridized carbons (Fsp3) is 0.300. The number of aliphatic hydroxyl groups excluding tert-OH is 1. The van der Waals surface area contributed by atoms with Crippen molar-refractivity contribution in [2.24, 2.45) is 5.92 Å². The predicted molar refractivity (Wildman–Crippen MR) is 139 cm³/mol. The Hall–Kier alpha value is -3.41. The number of carbonyl (C=O) groups excluding carboxylic acids is 1. The molecule has 180 valence electrons. The molecule has 0 unspecified atom stereocenters. The van der Waals surface area contributed by atoms with Crippen LogP contribution in [0, 0.1) is 5.92 Å². The van der Waals surface area contributed by atoms with Crippen molar-refractivity contribution >= 4 is 16.7 Å². The molecule has 0 saturated carbocycles. The first-order valence-electron chi connectivity index (χ1n) is 12.3. The summed E-state index contributed by atoms with van der Waals surface area (Å²) in [4.78, 5) is 19.1. The Morgan fingerprint density at radius 3 is 2.46 bits per heavy atom. The van der Waals surface area contributed by atoms with Crippen molar-refractivity contribution in [3.8, 4) is 5.75 Å². The van der Waals surface area contributed by atoms with Crippen molar-refractivity contribution in [1.82, 2.24) is 9.88 Å². The maximum atomic E-state index is 13.6. The molecular formula is C30H32N2O3. The van der Waals surface area contributed by atoms with E-state index >= 15 is 0 Å². The quantitative estimate of drug-likeness (QED) is 0.339. The fourth-order valence-corrected chi connectivity index (χ4v) is 5.44. The molecule has 1 fully saturated rings. The number of fused-ring (bicyclic) bond motifs is 1. The third-order valence-corrected chi connectivity index (χ3v) is 7.29. The number of likely N-dealkylation sites (tertiary alicyclic amines) is 1. The summed E-state index contributed by atoms with van der Waals surface area (Å²) in [5.74, 6) is 1.01. The molecule has 1 aliphatic heterocycles. The summed E-state index contributed by atoms with van der Waals surface area (Å²) in [5, 5.41) is 12.4. The number of ketones is 1. The van der Waals surface area contributed by atoms with E-state index in [1.165, 1.54) is 5.56 Å². The SMILES string of the molecule is COc1ccccc1[C@@H]([C@H](O)C(=O)c1c[nH]c2ccccc12)N1CCC(Cc2ccccc2)CC1. The van der Waals surface area contributed by atoms with Gasteiger partial charge >= 0.3 is 0 Å². The van der Waals surface area contributed by atoms with Crippen molar-refractivity contribution in [3.63, 3.8) is 0 Å². The zero-order valence-corrected chi connectivity index (χ0v) is 20.1. The van der Waals surface area contributed by atoms with Gasteiger partial charge in [-0.25, -0.2) is 0 Å². The molecule has 5 heteroatoms. The molecule has 2 N–H and O–H groups in total. The van der Waals surface area contributed by atoms with E-state index in [9.17, 15) is 9.90 Å². The van der Waals surface area contributed by atoms with Crippen molar-refractivity contribution < 1.29 is 14.6 Å². The lowest BCUT2D eigenvalue weighted by atomic mass is 9.87. The molecule has 2 heterocycles. The van der Waals surface area contributed by atoms with Crippen molar-refractivity contribution in [2.75, 3.05) is 20.2 Å². The largest absolute Gasteiger partial charge is 0.496 e. The first-order chi connectivity index (χ1) is 17.2. The standard InChI is InChI=1S/C30H32N2O3/c1-35-27-14-8-6-12-24(27)28(30(34)29(33)25-20-31-26-13-7-5-11-23(25)26)32-17-15-22(16-18-32)19-21-9-3-2-4-10-21/h2-14,20,22,28,30-31,34H,15-19H2,1H3/t28-,30-/m0/s1. The minimum Gasteiger partial charge on any atom is -0.496 e. The van der Waals surface area contributed by atoms with Gasteiger partial charge in [0.1, 0.15) is 11.9 Å². The molecule has 0 aliphatic carbocycles. The Balaban J connectivity index is 1.41. The van der Waals surface area contributed by atoms with Crippen LogP contribution in [0.3, 0.4) is 0 Å². The van der Waals surface area contributed by atoms with E-state index in [0.29, 0.717) is 17.2 Å². The van der Waals surface area contributed by atoms with Crippen LogP contribution < -0.4 is 4.74 Å². The Labute approximate surface area is 206 Å². The zero-order valence-electron chi connectivity index (χ0n) is 20.1. The number of Topliss-reactive ketones (excluding diaryl/α,β-unsaturated/α-hetero) is 1. The number of piperidine rings is 1. The highest BCUT2D eigenvalue weighted by atomic mass is 16.5. The summed E-state index contributed by atoms with van der Waals surface area (Å²) < 4.78 is 5.65. The molecule has 1 saturated heterocycles. The first-order valence-corrected chi connectivity index (χ1v) is 12.3. The third kappa shape index (κ3) is 4.88. The summed E-state index contributed by atoms with van der Waals surface area (Å²) in [7, 11) is 1.63. The van der Waals surface area contributed by atoms with Gasteiger partial charge in [-0.1, -0.05) is 66.7 Å². The smallest absolute Gasteiger partial charge is 0.195 e. The van der Waals surface area contributed by atoms with Crippen molar-refractivity contribution in [3.05, 3.63) is 102 Å². The molecular weight excluding hydrogens is 436 g/mol. The topological polar surface area (TPSA) is 65.6 Å². The number of para-hydroxylation sites is 2. The van der Waals surface area contributed by atoms with Crippen LogP contribution in [-0.4, -0.2) is 47.1 Å². The van der Waals surface area contributed by atoms with Crippen molar-refractivity contribution in [1.29, 1.82) is 0 Å². The van der Waals surface area contributed by atoms with Gasteiger partial charge in [0.25, 0.3) is 0 Å². The lowest BCUT2D eigenvalue weighted by Gasteiger charge is -2.40. The molecule has 0 amide bonds. The van der Waals surface area contributed by atoms with E-state index in [2.05, 4.69) is 40.2 Å². The van der Waals surface area contributed by atoms with E-state index in [1.807, 2.05) is 48.5 Å². The lowest BCUT2D eigenvalue weighted by molar-refractivity contribution is 0.0258. The second-order valence-electron chi connectivity index (χ2n) is 9.41. The second-order valence-corrected chi connectivity index (χ2v) is 9.41. The van der Waals surface area contributed by atoms with Gasteiger partial charge < -0.3 is 14.8 Å². The molecule has 2 atom stereocenters. The molecule has 1 aromatic heterocycles. The molecule has 0 spiro atoms. The number of methoxy groups -OCH3 is 1. The molecule has 35 heavy (non-hydrogen) atoms. The number of benzene rings is 3. The zero-order chi connectivity index (χ0) is 24.2. The first kappa shape index (κ1) is 23.3. The molecule has 3 aromatic carbocycles. The fourth-order valence-electron chi connectivity index (χ4n) is 5.44. The van der Waals surface area contributed by atoms with Gasteiger partial charge in [-0.3, -0.25) is 9.69 Å². The van der Waals surface area contributed by atoms with E-state index in [-0.39, 0.29) is 5.78 Å². The molecule has 4 aromatic rings. The van der Waals surface area contributed by atoms with Gasteiger partial charge in [0.15, 0.2) is 5.78 Å². The number of hydrogen-bond acceptors (Lipinski definition) is 4. The average Bonchev–Trinajstić information content (AvgIpc) is 3.34. The number of aromatic amines is 1. The van der Waals surface area contributed by atoms with E-state index in [0.717, 1.165) is 48.8 Å². The molecule has 0 bridgehead atoms. The lowest BCUT2D eigenvalue weighted by Crippen LogP contribution is -2.44. The summed E-state index contributed by atoms with van der Waals surface area (Å²) in [6, 6.07) is 25.5. The van der Waals surface area contributed by atoms with Gasteiger partial charge in [-0.05, 0) is 56.0 Å². The van der Waals surface area contributed by atoms with Gasteiger partial charge in [0.2, 0.25) is 0 Å². The number of H-pyrrole nitrogens is 1. The highest BCUT2D eigenvalue weighted by Gasteiger charge is 2.37. The third-order valence-electron chi connectivity index (χ3n) is 7.29. The van der Waals surface area contributed by atoms with Crippen LogP contribution in [0.25, 0.3) is 10.9 Å². The molecule has 1 aliphatic rings. The van der Waals surface area contributed by atoms with Crippen LogP contribution in [0.2, 0.25) is 0 Å². The minimum absolute atomic E-state index is 0.273. The van der Waals surface area contributed by atoms with Crippen LogP contribution in [0.1, 0.15) is 40.4 Å². The number of aliphatic hydroxyl groups is 1. The molecule has 5 rings (SSSR count). The second kappa shape index (κ2) is 10.5. The Morgan fingerprint density at radius 1 is 1.00 bits per heavy atom. The maximum absolute atomic E-state index is 13.6. The summed E-state index contributed by atoms with van der Waals surface area (Å²) in [6.07, 6.45) is 3.60. The van der Waals surface area contributed by atoms with Gasteiger partial charge in [-0.15, -0.1) is 0 Å². The van der Waals surface area contributed by atoms with Crippen molar-refractivity contribution in [2.45, 2.75) is 31.4 Å². The number of carbonyl (C=O) groups is 1.